The summed E-state index contributed by atoms with van der Waals surface area (Å²) in [7, 11) is 1.66. The molecule has 2 amide bonds. The van der Waals surface area contributed by atoms with E-state index in [1.807, 2.05) is 24.3 Å². The van der Waals surface area contributed by atoms with Gasteiger partial charge in [-0.3, -0.25) is 9.59 Å². The third-order valence-electron chi connectivity index (χ3n) is 3.85. The summed E-state index contributed by atoms with van der Waals surface area (Å²) >= 11 is 5.97. The number of hydrogen-bond donors (Lipinski definition) is 1. The molecule has 0 fully saturated rings. The SMILES string of the molecule is CN1C=C(NC(=O)c2ccc(Cc3cccc(Cl)c3)nn2)CCC1=O. The largest absolute Gasteiger partial charge is 0.323 e. The van der Waals surface area contributed by atoms with Gasteiger partial charge in [0.25, 0.3) is 5.91 Å². The standard InChI is InChI=1S/C18H17ClN4O2/c1-23-11-15(6-8-17(23)24)20-18(25)16-7-5-14(21-22-16)10-12-3-2-4-13(19)9-12/h2-5,7,9,11H,6,8,10H2,1H3,(H,20,25). The minimum absolute atomic E-state index is 0.0307. The summed E-state index contributed by atoms with van der Waals surface area (Å²) in [4.78, 5) is 25.2. The smallest absolute Gasteiger partial charge is 0.275 e. The summed E-state index contributed by atoms with van der Waals surface area (Å²) < 4.78 is 0. The molecule has 0 aliphatic carbocycles. The molecule has 128 valence electrons. The molecular weight excluding hydrogens is 340 g/mol. The van der Waals surface area contributed by atoms with Crippen molar-refractivity contribution in [2.45, 2.75) is 19.3 Å². The van der Waals surface area contributed by atoms with Gasteiger partial charge in [-0.25, -0.2) is 0 Å². The lowest BCUT2D eigenvalue weighted by Gasteiger charge is -2.21. The number of nitrogens with zero attached hydrogens (tertiary/aromatic N) is 3. The fourth-order valence-corrected chi connectivity index (χ4v) is 2.74. The normalized spacial score (nSPS) is 14.2. The van der Waals surface area contributed by atoms with Gasteiger partial charge in [0.05, 0.1) is 5.69 Å². The molecule has 1 aromatic heterocycles. The maximum Gasteiger partial charge on any atom is 0.275 e. The van der Waals surface area contributed by atoms with Crippen LogP contribution in [-0.4, -0.2) is 34.0 Å². The van der Waals surface area contributed by atoms with Crippen molar-refractivity contribution >= 4 is 23.4 Å². The van der Waals surface area contributed by atoms with Gasteiger partial charge < -0.3 is 10.2 Å². The van der Waals surface area contributed by atoms with Crippen LogP contribution in [-0.2, 0) is 11.2 Å². The third-order valence-corrected chi connectivity index (χ3v) is 4.09. The van der Waals surface area contributed by atoms with E-state index in [4.69, 9.17) is 11.6 Å². The van der Waals surface area contributed by atoms with E-state index in [-0.39, 0.29) is 17.5 Å². The second-order valence-corrected chi connectivity index (χ2v) is 6.27. The van der Waals surface area contributed by atoms with Crippen LogP contribution in [0.4, 0.5) is 0 Å². The molecule has 25 heavy (non-hydrogen) atoms. The Hall–Kier alpha value is -2.73. The van der Waals surface area contributed by atoms with Crippen molar-refractivity contribution in [1.82, 2.24) is 20.4 Å². The van der Waals surface area contributed by atoms with E-state index in [1.54, 1.807) is 25.4 Å². The fraction of sp³-hybridized carbons (Fsp3) is 0.222. The first-order valence-corrected chi connectivity index (χ1v) is 8.24. The molecule has 1 N–H and O–H groups in total. The van der Waals surface area contributed by atoms with Crippen molar-refractivity contribution in [3.8, 4) is 0 Å². The lowest BCUT2D eigenvalue weighted by atomic mass is 10.1. The maximum absolute atomic E-state index is 12.2. The van der Waals surface area contributed by atoms with E-state index < -0.39 is 0 Å². The summed E-state index contributed by atoms with van der Waals surface area (Å²) in [5.41, 5.74) is 2.70. The first-order chi connectivity index (χ1) is 12.0. The summed E-state index contributed by atoms with van der Waals surface area (Å²) in [6.45, 7) is 0. The van der Waals surface area contributed by atoms with E-state index in [0.29, 0.717) is 30.0 Å². The van der Waals surface area contributed by atoms with E-state index in [0.717, 1.165) is 11.3 Å². The minimum atomic E-state index is -0.337. The Morgan fingerprint density at radius 1 is 1.24 bits per heavy atom. The zero-order valence-electron chi connectivity index (χ0n) is 13.7. The monoisotopic (exact) mass is 356 g/mol. The Morgan fingerprint density at radius 2 is 2.08 bits per heavy atom. The predicted molar refractivity (Wildman–Crippen MR) is 93.8 cm³/mol. The second kappa shape index (κ2) is 7.44. The number of benzene rings is 1. The highest BCUT2D eigenvalue weighted by atomic mass is 35.5. The van der Waals surface area contributed by atoms with E-state index in [2.05, 4.69) is 15.5 Å². The maximum atomic E-state index is 12.2. The molecule has 1 aliphatic rings. The Bertz CT molecular complexity index is 833. The first kappa shape index (κ1) is 17.1. The number of rotatable bonds is 4. The predicted octanol–water partition coefficient (Wildman–Crippen LogP) is 2.54. The topological polar surface area (TPSA) is 75.2 Å². The van der Waals surface area contributed by atoms with E-state index >= 15 is 0 Å². The first-order valence-electron chi connectivity index (χ1n) is 7.86. The molecule has 0 saturated heterocycles. The van der Waals surface area contributed by atoms with Crippen molar-refractivity contribution in [3.05, 3.63) is 70.3 Å². The zero-order chi connectivity index (χ0) is 17.8. The van der Waals surface area contributed by atoms with Crippen molar-refractivity contribution in [1.29, 1.82) is 0 Å². The number of hydrogen-bond acceptors (Lipinski definition) is 4. The number of carbonyl (C=O) groups is 2. The molecule has 3 rings (SSSR count). The molecule has 6 nitrogen and oxygen atoms in total. The third kappa shape index (κ3) is 4.42. The van der Waals surface area contributed by atoms with Crippen molar-refractivity contribution in [2.75, 3.05) is 7.05 Å². The molecule has 0 radical (unpaired) electrons. The molecule has 2 aromatic rings. The van der Waals surface area contributed by atoms with Gasteiger partial charge in [-0.05, 0) is 36.2 Å². The highest BCUT2D eigenvalue weighted by Gasteiger charge is 2.18. The molecule has 0 bridgehead atoms. The lowest BCUT2D eigenvalue weighted by molar-refractivity contribution is -0.128. The van der Waals surface area contributed by atoms with Crippen LogP contribution < -0.4 is 5.32 Å². The van der Waals surface area contributed by atoms with Gasteiger partial charge in [0, 0.05) is 36.8 Å². The van der Waals surface area contributed by atoms with Crippen molar-refractivity contribution in [2.24, 2.45) is 0 Å². The molecule has 0 saturated carbocycles. The summed E-state index contributed by atoms with van der Waals surface area (Å²) in [6.07, 6.45) is 3.11. The van der Waals surface area contributed by atoms with Gasteiger partial charge >= 0.3 is 0 Å². The highest BCUT2D eigenvalue weighted by Crippen LogP contribution is 2.14. The number of nitrogens with one attached hydrogen (secondary N) is 1. The number of aromatic nitrogens is 2. The number of amides is 2. The lowest BCUT2D eigenvalue weighted by Crippen LogP contribution is -2.32. The van der Waals surface area contributed by atoms with Crippen LogP contribution in [0.5, 0.6) is 0 Å². The average molecular weight is 357 g/mol. The number of allylic oxidation sites excluding steroid dienone is 1. The van der Waals surface area contributed by atoms with Crippen LogP contribution in [0.1, 0.15) is 34.6 Å². The van der Waals surface area contributed by atoms with Crippen LogP contribution in [0.25, 0.3) is 0 Å². The van der Waals surface area contributed by atoms with Gasteiger partial charge in [-0.2, -0.15) is 5.10 Å². The fourth-order valence-electron chi connectivity index (χ4n) is 2.52. The van der Waals surface area contributed by atoms with Gasteiger partial charge in [0.1, 0.15) is 0 Å². The zero-order valence-corrected chi connectivity index (χ0v) is 14.5. The molecular formula is C18H17ClN4O2. The summed E-state index contributed by atoms with van der Waals surface area (Å²) in [6, 6.07) is 10.9. The molecule has 0 unspecified atom stereocenters. The quantitative estimate of drug-likeness (QED) is 0.913. The van der Waals surface area contributed by atoms with Crippen LogP contribution in [0.3, 0.4) is 0 Å². The van der Waals surface area contributed by atoms with Crippen molar-refractivity contribution < 1.29 is 9.59 Å². The molecule has 2 heterocycles. The van der Waals surface area contributed by atoms with Crippen molar-refractivity contribution in [3.63, 3.8) is 0 Å². The molecule has 7 heteroatoms. The molecule has 0 atom stereocenters. The van der Waals surface area contributed by atoms with E-state index in [9.17, 15) is 9.59 Å². The van der Waals surface area contributed by atoms with Crippen LogP contribution in [0, 0.1) is 0 Å². The van der Waals surface area contributed by atoms with Gasteiger partial charge in [0.2, 0.25) is 5.91 Å². The van der Waals surface area contributed by atoms with Gasteiger partial charge in [-0.1, -0.05) is 23.7 Å². The molecule has 1 aliphatic heterocycles. The van der Waals surface area contributed by atoms with Gasteiger partial charge in [-0.15, -0.1) is 5.10 Å². The number of halogens is 1. The summed E-state index contributed by atoms with van der Waals surface area (Å²) in [5, 5.41) is 11.5. The molecule has 0 spiro atoms. The average Bonchev–Trinajstić information content (AvgIpc) is 2.59. The Labute approximate surface area is 150 Å². The van der Waals surface area contributed by atoms with E-state index in [1.165, 1.54) is 4.90 Å². The van der Waals surface area contributed by atoms with Crippen LogP contribution in [0.15, 0.2) is 48.3 Å². The highest BCUT2D eigenvalue weighted by molar-refractivity contribution is 6.30. The van der Waals surface area contributed by atoms with Gasteiger partial charge in [0.15, 0.2) is 5.69 Å². The minimum Gasteiger partial charge on any atom is -0.323 e. The number of carbonyl (C=O) groups excluding carboxylic acids is 2. The Balaban J connectivity index is 1.64. The van der Waals surface area contributed by atoms with Crippen LogP contribution in [0.2, 0.25) is 5.02 Å². The molecule has 1 aromatic carbocycles. The van der Waals surface area contributed by atoms with Crippen LogP contribution >= 0.6 is 11.6 Å². The Kier molecular flexibility index (Phi) is 5.09. The Morgan fingerprint density at radius 3 is 2.76 bits per heavy atom. The summed E-state index contributed by atoms with van der Waals surface area (Å²) in [5.74, 6) is -0.307. The second-order valence-electron chi connectivity index (χ2n) is 5.83.